The van der Waals surface area contributed by atoms with E-state index in [4.69, 9.17) is 37.0 Å². The third-order valence-corrected chi connectivity index (χ3v) is 20.7. The maximum absolute atomic E-state index is 13.1. The van der Waals surface area contributed by atoms with Crippen molar-refractivity contribution in [3.05, 3.63) is 0 Å². The van der Waals surface area contributed by atoms with E-state index in [2.05, 4.69) is 41.5 Å². The molecule has 0 amide bonds. The van der Waals surface area contributed by atoms with Crippen LogP contribution < -0.4 is 0 Å². The molecule has 0 rings (SSSR count). The second kappa shape index (κ2) is 70.7. The molecule has 0 aromatic carbocycles. The van der Waals surface area contributed by atoms with Crippen LogP contribution in [0.25, 0.3) is 0 Å². The fraction of sp³-hybridized carbons (Fsp3) is 0.949. The topological polar surface area (TPSA) is 237 Å². The number of carbonyl (C=O) groups is 4. The molecule has 0 aromatic heterocycles. The SMILES string of the molecule is CCCCCCCCCCCCCCCCCCCCCCCCC(=O)O[C@H](COC(=O)CCCCCCCCCCCCCCCC(C)C)COP(=O)(O)OC[C@@H](O)COP(=O)(O)OC[C@@H](COC(=O)CCCCCCCCCCCC)OC(=O)CCCCCCCCC(C)CC. The van der Waals surface area contributed by atoms with Crippen LogP contribution in [0.4, 0.5) is 0 Å². The average molecular weight is 1440 g/mol. The van der Waals surface area contributed by atoms with Crippen LogP contribution >= 0.6 is 15.6 Å². The molecule has 0 fully saturated rings. The van der Waals surface area contributed by atoms with Crippen LogP contribution in [0, 0.1) is 11.8 Å². The molecule has 19 heteroatoms. The monoisotopic (exact) mass is 1440 g/mol. The van der Waals surface area contributed by atoms with Gasteiger partial charge in [-0.25, -0.2) is 9.13 Å². The third-order valence-electron chi connectivity index (χ3n) is 18.8. The molecule has 0 aromatic rings. The molecule has 582 valence electrons. The van der Waals surface area contributed by atoms with Crippen LogP contribution in [0.3, 0.4) is 0 Å². The molecule has 0 saturated carbocycles. The Morgan fingerprint density at radius 2 is 0.520 bits per heavy atom. The van der Waals surface area contributed by atoms with Gasteiger partial charge in [0.2, 0.25) is 0 Å². The lowest BCUT2D eigenvalue weighted by Crippen LogP contribution is -2.30. The number of aliphatic hydroxyl groups is 1. The zero-order chi connectivity index (χ0) is 72.1. The van der Waals surface area contributed by atoms with Gasteiger partial charge in [-0.15, -0.1) is 0 Å². The second-order valence-corrected chi connectivity index (χ2v) is 32.1. The number of hydrogen-bond acceptors (Lipinski definition) is 15. The van der Waals surface area contributed by atoms with Crippen LogP contribution in [0.5, 0.6) is 0 Å². The first-order chi connectivity index (χ1) is 47.4. The predicted octanol–water partition coefficient (Wildman–Crippen LogP) is 23.5. The van der Waals surface area contributed by atoms with Crippen LogP contribution in [0.1, 0.15) is 414 Å². The minimum Gasteiger partial charge on any atom is -0.462 e. The number of aliphatic hydroxyl groups excluding tert-OH is 1. The van der Waals surface area contributed by atoms with E-state index in [0.717, 1.165) is 102 Å². The van der Waals surface area contributed by atoms with Crippen molar-refractivity contribution in [1.29, 1.82) is 0 Å². The van der Waals surface area contributed by atoms with Gasteiger partial charge in [-0.1, -0.05) is 363 Å². The lowest BCUT2D eigenvalue weighted by atomic mass is 10.00. The van der Waals surface area contributed by atoms with Gasteiger partial charge in [0.15, 0.2) is 12.2 Å². The maximum atomic E-state index is 13.1. The highest BCUT2D eigenvalue weighted by Crippen LogP contribution is 2.45. The van der Waals surface area contributed by atoms with Crippen molar-refractivity contribution in [3.63, 3.8) is 0 Å². The largest absolute Gasteiger partial charge is 0.472 e. The van der Waals surface area contributed by atoms with Gasteiger partial charge in [0, 0.05) is 25.7 Å². The first-order valence-corrected chi connectivity index (χ1v) is 44.0. The van der Waals surface area contributed by atoms with Gasteiger partial charge in [0.25, 0.3) is 0 Å². The molecule has 0 aliphatic carbocycles. The van der Waals surface area contributed by atoms with Crippen molar-refractivity contribution < 1.29 is 80.2 Å². The molecule has 3 N–H and O–H groups in total. The molecule has 0 heterocycles. The van der Waals surface area contributed by atoms with Gasteiger partial charge in [-0.3, -0.25) is 37.3 Å². The lowest BCUT2D eigenvalue weighted by Gasteiger charge is -2.21. The fourth-order valence-corrected chi connectivity index (χ4v) is 13.7. The summed E-state index contributed by atoms with van der Waals surface area (Å²) in [6.07, 6.45) is 59.9. The molecule has 0 radical (unpaired) electrons. The number of hydrogen-bond donors (Lipinski definition) is 3. The van der Waals surface area contributed by atoms with Gasteiger partial charge < -0.3 is 33.8 Å². The predicted molar refractivity (Wildman–Crippen MR) is 400 cm³/mol. The van der Waals surface area contributed by atoms with Crippen LogP contribution in [-0.4, -0.2) is 96.7 Å². The summed E-state index contributed by atoms with van der Waals surface area (Å²) in [6, 6.07) is 0. The summed E-state index contributed by atoms with van der Waals surface area (Å²) in [5.74, 6) is -0.605. The first kappa shape index (κ1) is 96.1. The number of unbranched alkanes of at least 4 members (excludes halogenated alkanes) is 47. The Hall–Kier alpha value is -1.94. The minimum atomic E-state index is -4.96. The van der Waals surface area contributed by atoms with Crippen molar-refractivity contribution in [2.24, 2.45) is 11.8 Å². The lowest BCUT2D eigenvalue weighted by molar-refractivity contribution is -0.161. The van der Waals surface area contributed by atoms with Crippen molar-refractivity contribution in [3.8, 4) is 0 Å². The second-order valence-electron chi connectivity index (χ2n) is 29.2. The number of rotatable bonds is 78. The first-order valence-electron chi connectivity index (χ1n) is 41.0. The van der Waals surface area contributed by atoms with E-state index in [0.29, 0.717) is 25.7 Å². The summed E-state index contributed by atoms with van der Waals surface area (Å²) in [5.41, 5.74) is 0. The standard InChI is InChI=1S/C79H154O17P2/c1-7-10-12-14-16-18-20-21-22-23-24-25-26-27-28-29-32-36-40-44-51-57-63-78(83)95-74(67-89-77(82)62-56-50-43-39-35-33-30-31-34-37-41-47-53-59-71(4)5)69-93-97(85,86)91-65-73(80)66-92-98(87,88)94-70-75(96-79(84)64-58-52-46-45-48-54-60-72(6)9-3)68-90-76(81)61-55-49-42-38-19-17-15-13-11-8-2/h71-75,80H,7-70H2,1-6H3,(H,85,86)(H,87,88)/t72?,73-,74-,75-/m1/s1. The zero-order valence-electron chi connectivity index (χ0n) is 64.1. The van der Waals surface area contributed by atoms with E-state index in [1.165, 1.54) is 231 Å². The van der Waals surface area contributed by atoms with Crippen LogP contribution in [0.15, 0.2) is 0 Å². The van der Waals surface area contributed by atoms with Crippen LogP contribution in [-0.2, 0) is 65.4 Å². The molecule has 0 spiro atoms. The Morgan fingerprint density at radius 3 is 0.776 bits per heavy atom. The Balaban J connectivity index is 5.18. The van der Waals surface area contributed by atoms with Gasteiger partial charge in [-0.05, 0) is 37.5 Å². The summed E-state index contributed by atoms with van der Waals surface area (Å²) in [7, 11) is -9.91. The van der Waals surface area contributed by atoms with Crippen molar-refractivity contribution in [2.45, 2.75) is 432 Å². The van der Waals surface area contributed by atoms with E-state index in [9.17, 15) is 43.2 Å². The highest BCUT2D eigenvalue weighted by Gasteiger charge is 2.30. The summed E-state index contributed by atoms with van der Waals surface area (Å²) in [5, 5.41) is 10.6. The summed E-state index contributed by atoms with van der Waals surface area (Å²) < 4.78 is 68.6. The quantitative estimate of drug-likeness (QED) is 0.0222. The minimum absolute atomic E-state index is 0.103. The van der Waals surface area contributed by atoms with Crippen molar-refractivity contribution in [2.75, 3.05) is 39.6 Å². The highest BCUT2D eigenvalue weighted by molar-refractivity contribution is 7.47. The van der Waals surface area contributed by atoms with E-state index in [1.807, 2.05) is 0 Å². The molecule has 3 unspecified atom stereocenters. The number of carbonyl (C=O) groups excluding carboxylic acids is 4. The molecule has 17 nitrogen and oxygen atoms in total. The zero-order valence-corrected chi connectivity index (χ0v) is 65.9. The number of phosphoric ester groups is 2. The summed E-state index contributed by atoms with van der Waals surface area (Å²) in [4.78, 5) is 72.8. The Labute approximate surface area is 600 Å². The maximum Gasteiger partial charge on any atom is 0.472 e. The van der Waals surface area contributed by atoms with Crippen LogP contribution in [0.2, 0.25) is 0 Å². The van der Waals surface area contributed by atoms with E-state index < -0.39 is 97.5 Å². The summed E-state index contributed by atoms with van der Waals surface area (Å²) >= 11 is 0. The van der Waals surface area contributed by atoms with Crippen molar-refractivity contribution in [1.82, 2.24) is 0 Å². The normalized spacial score (nSPS) is 14.2. The molecular weight excluding hydrogens is 1280 g/mol. The van der Waals surface area contributed by atoms with Gasteiger partial charge >= 0.3 is 39.5 Å². The van der Waals surface area contributed by atoms with E-state index in [-0.39, 0.29) is 25.7 Å². The average Bonchev–Trinajstić information content (AvgIpc) is 1.14. The molecule has 98 heavy (non-hydrogen) atoms. The third kappa shape index (κ3) is 71.1. The van der Waals surface area contributed by atoms with Gasteiger partial charge in [-0.2, -0.15) is 0 Å². The molecule has 0 aliphatic rings. The summed E-state index contributed by atoms with van der Waals surface area (Å²) in [6.45, 7) is 9.57. The van der Waals surface area contributed by atoms with Gasteiger partial charge in [0.05, 0.1) is 26.4 Å². The Morgan fingerprint density at radius 1 is 0.296 bits per heavy atom. The highest BCUT2D eigenvalue weighted by atomic mass is 31.2. The molecule has 0 saturated heterocycles. The number of phosphoric acid groups is 2. The van der Waals surface area contributed by atoms with E-state index >= 15 is 0 Å². The molecule has 6 atom stereocenters. The number of esters is 4. The smallest absolute Gasteiger partial charge is 0.462 e. The molecule has 0 aliphatic heterocycles. The van der Waals surface area contributed by atoms with E-state index in [1.54, 1.807) is 0 Å². The fourth-order valence-electron chi connectivity index (χ4n) is 12.2. The van der Waals surface area contributed by atoms with Crippen molar-refractivity contribution >= 4 is 39.5 Å². The molecule has 0 bridgehead atoms. The number of ether oxygens (including phenoxy) is 4. The Kier molecular flexibility index (Phi) is 69.3. The van der Waals surface area contributed by atoms with Gasteiger partial charge in [0.1, 0.15) is 19.3 Å². The Bertz CT molecular complexity index is 1890. The molecular formula is C79H154O17P2.